The first-order valence-electron chi connectivity index (χ1n) is 12.3. The lowest BCUT2D eigenvalue weighted by atomic mass is 9.78. The zero-order valence-electron chi connectivity index (χ0n) is 20.1. The molecule has 200 valence electrons. The molecule has 0 radical (unpaired) electrons. The third-order valence-electron chi connectivity index (χ3n) is 7.59. The molecule has 3 aliphatic rings. The highest BCUT2D eigenvalue weighted by molar-refractivity contribution is 5.87. The van der Waals surface area contributed by atoms with Crippen LogP contribution >= 0.6 is 0 Å². The molecule has 0 spiro atoms. The highest BCUT2D eigenvalue weighted by Gasteiger charge is 2.48. The summed E-state index contributed by atoms with van der Waals surface area (Å²) in [5.74, 6) is -2.36. The van der Waals surface area contributed by atoms with Crippen LogP contribution in [0.5, 0.6) is 0 Å². The van der Waals surface area contributed by atoms with E-state index in [-0.39, 0.29) is 11.6 Å². The van der Waals surface area contributed by atoms with Gasteiger partial charge in [-0.25, -0.2) is 4.79 Å². The van der Waals surface area contributed by atoms with Gasteiger partial charge in [0, 0.05) is 34.5 Å². The molecular weight excluding hydrogens is 484 g/mol. The van der Waals surface area contributed by atoms with Crippen LogP contribution in [0.25, 0.3) is 10.9 Å². The Kier molecular flexibility index (Phi) is 7.37. The summed E-state index contributed by atoms with van der Waals surface area (Å²) < 4.78 is 16.9. The van der Waals surface area contributed by atoms with Crippen molar-refractivity contribution in [3.05, 3.63) is 60.0 Å². The van der Waals surface area contributed by atoms with E-state index in [1.165, 1.54) is 5.56 Å². The first kappa shape index (κ1) is 25.9. The summed E-state index contributed by atoms with van der Waals surface area (Å²) in [7, 11) is 0. The van der Waals surface area contributed by atoms with Crippen LogP contribution in [0.1, 0.15) is 23.7 Å². The van der Waals surface area contributed by atoms with Gasteiger partial charge in [0.25, 0.3) is 0 Å². The zero-order chi connectivity index (χ0) is 26.3. The summed E-state index contributed by atoms with van der Waals surface area (Å²) in [6.07, 6.45) is -4.53. The van der Waals surface area contributed by atoms with Gasteiger partial charge in [-0.05, 0) is 31.0 Å². The standard InChI is InChI=1S/C26H32N2O9/c1-2-12-15(9-18-20-14(7-8-27-18)13-5-3-4-6-17(13)28-20)16(24(33)34)11-35-25(12)37-26-23(32)22(31)21(30)19(10-29)36-26/h2-6,11-12,15,18-19,21-23,25-32H,1,7-10H2,(H,33,34)/t12?,15?,18-,19+,21+,22-,23+,25-,26-/m0/s1. The highest BCUT2D eigenvalue weighted by atomic mass is 16.8. The van der Waals surface area contributed by atoms with Crippen molar-refractivity contribution >= 4 is 16.9 Å². The average molecular weight is 517 g/mol. The summed E-state index contributed by atoms with van der Waals surface area (Å²) in [6.45, 7) is 4.01. The average Bonchev–Trinajstić information content (AvgIpc) is 3.28. The van der Waals surface area contributed by atoms with Gasteiger partial charge >= 0.3 is 5.97 Å². The minimum atomic E-state index is -1.62. The van der Waals surface area contributed by atoms with Crippen molar-refractivity contribution in [2.45, 2.75) is 55.9 Å². The van der Waals surface area contributed by atoms with Crippen LogP contribution in [0, 0.1) is 11.8 Å². The van der Waals surface area contributed by atoms with Gasteiger partial charge in [0.1, 0.15) is 24.4 Å². The lowest BCUT2D eigenvalue weighted by Gasteiger charge is -2.43. The van der Waals surface area contributed by atoms with Crippen molar-refractivity contribution < 1.29 is 44.5 Å². The smallest absolute Gasteiger partial charge is 0.334 e. The number of hydrogen-bond donors (Lipinski definition) is 7. The van der Waals surface area contributed by atoms with Crippen molar-refractivity contribution in [3.63, 3.8) is 0 Å². The first-order chi connectivity index (χ1) is 17.8. The predicted molar refractivity (Wildman–Crippen MR) is 130 cm³/mol. The Hall–Kier alpha value is -2.77. The number of benzene rings is 1. The van der Waals surface area contributed by atoms with Crippen LogP contribution in [0.15, 0.2) is 48.8 Å². The van der Waals surface area contributed by atoms with Crippen molar-refractivity contribution in [1.29, 1.82) is 0 Å². The van der Waals surface area contributed by atoms with E-state index in [1.807, 2.05) is 18.2 Å². The molecule has 0 amide bonds. The number of aliphatic hydroxyl groups excluding tert-OH is 4. The lowest BCUT2D eigenvalue weighted by Crippen LogP contribution is -2.60. The fourth-order valence-corrected chi connectivity index (χ4v) is 5.64. The van der Waals surface area contributed by atoms with E-state index in [4.69, 9.17) is 14.2 Å². The Morgan fingerprint density at radius 1 is 1.16 bits per heavy atom. The Labute approximate surface area is 213 Å². The fraction of sp³-hybridized carbons (Fsp3) is 0.500. The third-order valence-corrected chi connectivity index (χ3v) is 7.59. The number of aromatic nitrogens is 1. The van der Waals surface area contributed by atoms with Crippen LogP contribution in [0.3, 0.4) is 0 Å². The van der Waals surface area contributed by atoms with E-state index >= 15 is 0 Å². The first-order valence-corrected chi connectivity index (χ1v) is 12.3. The van der Waals surface area contributed by atoms with E-state index in [1.54, 1.807) is 6.08 Å². The number of aromatic amines is 1. The molecule has 2 aromatic rings. The molecule has 2 unspecified atom stereocenters. The second-order valence-electron chi connectivity index (χ2n) is 9.69. The number of para-hydroxylation sites is 1. The Bertz CT molecular complexity index is 1180. The number of ether oxygens (including phenoxy) is 3. The normalized spacial score (nSPS) is 35.9. The highest BCUT2D eigenvalue weighted by Crippen LogP contribution is 2.41. The molecule has 9 atom stereocenters. The molecule has 0 saturated carbocycles. The van der Waals surface area contributed by atoms with Gasteiger partial charge in [0.05, 0.1) is 18.4 Å². The number of carboxylic acids is 1. The van der Waals surface area contributed by atoms with E-state index < -0.39 is 61.4 Å². The van der Waals surface area contributed by atoms with Gasteiger partial charge in [-0.2, -0.15) is 0 Å². The van der Waals surface area contributed by atoms with Crippen LogP contribution in [-0.4, -0.2) is 86.6 Å². The van der Waals surface area contributed by atoms with Crippen molar-refractivity contribution in [2.24, 2.45) is 11.8 Å². The van der Waals surface area contributed by atoms with Gasteiger partial charge in [0.2, 0.25) is 6.29 Å². The summed E-state index contributed by atoms with van der Waals surface area (Å²) in [5, 5.41) is 54.6. The minimum Gasteiger partial charge on any atom is -0.478 e. The summed E-state index contributed by atoms with van der Waals surface area (Å²) in [4.78, 5) is 15.6. The topological polar surface area (TPSA) is 174 Å². The van der Waals surface area contributed by atoms with E-state index in [0.717, 1.165) is 35.8 Å². The number of nitrogens with one attached hydrogen (secondary N) is 2. The molecule has 1 fully saturated rings. The lowest BCUT2D eigenvalue weighted by molar-refractivity contribution is -0.339. The molecule has 4 heterocycles. The van der Waals surface area contributed by atoms with Crippen molar-refractivity contribution in [1.82, 2.24) is 10.3 Å². The number of hydrogen-bond acceptors (Lipinski definition) is 9. The molecule has 1 saturated heterocycles. The summed E-state index contributed by atoms with van der Waals surface area (Å²) >= 11 is 0. The molecule has 11 nitrogen and oxygen atoms in total. The number of aliphatic carboxylic acids is 1. The van der Waals surface area contributed by atoms with Gasteiger partial charge in [-0.3, -0.25) is 0 Å². The maximum atomic E-state index is 12.2. The molecule has 1 aromatic carbocycles. The maximum Gasteiger partial charge on any atom is 0.334 e. The van der Waals surface area contributed by atoms with Gasteiger partial charge in [0.15, 0.2) is 6.29 Å². The Morgan fingerprint density at radius 3 is 2.68 bits per heavy atom. The summed E-state index contributed by atoms with van der Waals surface area (Å²) in [5.41, 5.74) is 3.30. The number of carbonyl (C=O) groups is 1. The second-order valence-corrected chi connectivity index (χ2v) is 9.69. The molecular formula is C26H32N2O9. The van der Waals surface area contributed by atoms with Crippen molar-refractivity contribution in [3.8, 4) is 0 Å². The van der Waals surface area contributed by atoms with Crippen LogP contribution < -0.4 is 5.32 Å². The third kappa shape index (κ3) is 4.68. The molecule has 11 heteroatoms. The molecule has 1 aromatic heterocycles. The van der Waals surface area contributed by atoms with Gasteiger partial charge in [-0.1, -0.05) is 24.3 Å². The van der Waals surface area contributed by atoms with Gasteiger partial charge in [-0.15, -0.1) is 6.58 Å². The SMILES string of the molecule is C=CC1C(C[C@@H]2NCCc3c2[nH]c2ccccc32)C(C(=O)O)=CO[C@H]1O[C@@H]1O[C@H](CO)[C@@H](O)[C@H](O)[C@H]1O. The van der Waals surface area contributed by atoms with E-state index in [9.17, 15) is 30.3 Å². The van der Waals surface area contributed by atoms with Crippen molar-refractivity contribution in [2.75, 3.05) is 13.2 Å². The molecule has 7 N–H and O–H groups in total. The van der Waals surface area contributed by atoms with Gasteiger partial charge < -0.3 is 50.0 Å². The number of H-pyrrole nitrogens is 1. The molecule has 5 rings (SSSR count). The predicted octanol–water partition coefficient (Wildman–Crippen LogP) is 0.305. The summed E-state index contributed by atoms with van der Waals surface area (Å²) in [6, 6.07) is 7.87. The zero-order valence-corrected chi connectivity index (χ0v) is 20.1. The van der Waals surface area contributed by atoms with Crippen LogP contribution in [0.4, 0.5) is 0 Å². The quantitative estimate of drug-likeness (QED) is 0.254. The Balaban J connectivity index is 1.41. The monoisotopic (exact) mass is 516 g/mol. The largest absolute Gasteiger partial charge is 0.478 e. The molecule has 37 heavy (non-hydrogen) atoms. The fourth-order valence-electron chi connectivity index (χ4n) is 5.64. The van der Waals surface area contributed by atoms with Crippen LogP contribution in [0.2, 0.25) is 0 Å². The number of fused-ring (bicyclic) bond motifs is 3. The van der Waals surface area contributed by atoms with E-state index in [0.29, 0.717) is 6.42 Å². The molecule has 3 aliphatic heterocycles. The number of aliphatic hydroxyl groups is 4. The Morgan fingerprint density at radius 2 is 1.95 bits per heavy atom. The second kappa shape index (κ2) is 10.5. The number of rotatable bonds is 7. The maximum absolute atomic E-state index is 12.2. The van der Waals surface area contributed by atoms with E-state index in [2.05, 4.69) is 22.9 Å². The molecule has 0 bridgehead atoms. The number of carboxylic acid groups (broad SMARTS) is 1. The van der Waals surface area contributed by atoms with Crippen LogP contribution in [-0.2, 0) is 25.4 Å². The minimum absolute atomic E-state index is 0.0589. The molecule has 0 aliphatic carbocycles.